The zero-order chi connectivity index (χ0) is 14.5. The molecule has 0 aliphatic rings. The summed E-state index contributed by atoms with van der Waals surface area (Å²) in [7, 11) is 3.65. The Kier molecular flexibility index (Phi) is 5.51. The van der Waals surface area contributed by atoms with Gasteiger partial charge in [0.15, 0.2) is 0 Å². The molecule has 0 aliphatic carbocycles. The van der Waals surface area contributed by atoms with Gasteiger partial charge >= 0.3 is 0 Å². The fourth-order valence-electron chi connectivity index (χ4n) is 1.60. The van der Waals surface area contributed by atoms with Crippen LogP contribution in [0.25, 0.3) is 0 Å². The molecule has 0 saturated heterocycles. The second-order valence-corrected chi connectivity index (χ2v) is 5.56. The fraction of sp³-hybridized carbons (Fsp3) is 0.533. The van der Waals surface area contributed by atoms with Crippen LogP contribution in [0.3, 0.4) is 0 Å². The maximum Gasteiger partial charge on any atom is 0.236 e. The van der Waals surface area contributed by atoms with Crippen molar-refractivity contribution in [1.82, 2.24) is 9.80 Å². The van der Waals surface area contributed by atoms with Crippen LogP contribution in [0.4, 0.5) is 0 Å². The normalized spacial score (nSPS) is 11.7. The number of carbonyl (C=O) groups excluding carboxylic acids is 1. The summed E-state index contributed by atoms with van der Waals surface area (Å²) >= 11 is 0. The number of likely N-dealkylation sites (N-methyl/N-ethyl adjacent to an activating group) is 2. The molecule has 0 fully saturated rings. The number of aliphatic hydroxyl groups excluding tert-OH is 1. The molecule has 0 heterocycles. The van der Waals surface area contributed by atoms with E-state index in [0.29, 0.717) is 13.1 Å². The Morgan fingerprint density at radius 3 is 2.32 bits per heavy atom. The van der Waals surface area contributed by atoms with Crippen molar-refractivity contribution in [3.63, 3.8) is 0 Å². The fourth-order valence-corrected chi connectivity index (χ4v) is 1.60. The molecule has 1 rings (SSSR count). The Balaban J connectivity index is 2.54. The Morgan fingerprint density at radius 1 is 1.21 bits per heavy atom. The molecule has 106 valence electrons. The number of aliphatic hydroxyl groups is 1. The second-order valence-electron chi connectivity index (χ2n) is 5.56. The zero-order valence-corrected chi connectivity index (χ0v) is 12.3. The third kappa shape index (κ3) is 4.65. The molecule has 0 aromatic heterocycles. The van der Waals surface area contributed by atoms with Crippen LogP contribution < -0.4 is 0 Å². The molecular formula is C15H24N2O2. The molecule has 0 unspecified atom stereocenters. The van der Waals surface area contributed by atoms with Crippen molar-refractivity contribution in [3.05, 3.63) is 35.9 Å². The minimum Gasteiger partial charge on any atom is -0.394 e. The summed E-state index contributed by atoms with van der Waals surface area (Å²) in [4.78, 5) is 15.7. The predicted molar refractivity (Wildman–Crippen MR) is 76.7 cm³/mol. The molecule has 0 bridgehead atoms. The molecule has 0 aliphatic heterocycles. The highest BCUT2D eigenvalue weighted by atomic mass is 16.3. The van der Waals surface area contributed by atoms with Crippen LogP contribution in [0.1, 0.15) is 19.4 Å². The van der Waals surface area contributed by atoms with Gasteiger partial charge in [-0.15, -0.1) is 0 Å². The Bertz CT molecular complexity index is 404. The van der Waals surface area contributed by atoms with Gasteiger partial charge in [-0.3, -0.25) is 9.69 Å². The first-order valence-electron chi connectivity index (χ1n) is 6.47. The van der Waals surface area contributed by atoms with Crippen LogP contribution in [-0.2, 0) is 11.3 Å². The van der Waals surface area contributed by atoms with Crippen LogP contribution in [0.15, 0.2) is 30.3 Å². The van der Waals surface area contributed by atoms with E-state index in [4.69, 9.17) is 0 Å². The maximum absolute atomic E-state index is 12.1. The van der Waals surface area contributed by atoms with Crippen molar-refractivity contribution in [2.75, 3.05) is 27.2 Å². The molecule has 0 atom stereocenters. The van der Waals surface area contributed by atoms with Crippen molar-refractivity contribution >= 4 is 5.91 Å². The molecule has 0 radical (unpaired) electrons. The summed E-state index contributed by atoms with van der Waals surface area (Å²) in [5.41, 5.74) is 0.728. The summed E-state index contributed by atoms with van der Waals surface area (Å²) in [6.45, 7) is 4.76. The van der Waals surface area contributed by atoms with Crippen molar-refractivity contribution in [2.24, 2.45) is 0 Å². The standard InChI is InChI=1S/C15H24N2O2/c1-15(2,12-18)17(4)11-14(19)16(3)10-13-8-6-5-7-9-13/h5-9,18H,10-12H2,1-4H3. The lowest BCUT2D eigenvalue weighted by molar-refractivity contribution is -0.132. The van der Waals surface area contributed by atoms with E-state index in [-0.39, 0.29) is 18.1 Å². The highest BCUT2D eigenvalue weighted by molar-refractivity contribution is 5.78. The van der Waals surface area contributed by atoms with E-state index in [1.807, 2.05) is 56.1 Å². The molecule has 1 amide bonds. The number of nitrogens with zero attached hydrogens (tertiary/aromatic N) is 2. The van der Waals surface area contributed by atoms with Crippen molar-refractivity contribution in [3.8, 4) is 0 Å². The van der Waals surface area contributed by atoms with E-state index in [2.05, 4.69) is 0 Å². The number of hydrogen-bond acceptors (Lipinski definition) is 3. The predicted octanol–water partition coefficient (Wildman–Crippen LogP) is 1.35. The largest absolute Gasteiger partial charge is 0.394 e. The number of carbonyl (C=O) groups is 1. The van der Waals surface area contributed by atoms with Crippen molar-refractivity contribution in [1.29, 1.82) is 0 Å². The smallest absolute Gasteiger partial charge is 0.236 e. The number of benzene rings is 1. The summed E-state index contributed by atoms with van der Waals surface area (Å²) < 4.78 is 0. The first-order chi connectivity index (χ1) is 8.86. The van der Waals surface area contributed by atoms with E-state index in [9.17, 15) is 9.90 Å². The average Bonchev–Trinajstić information content (AvgIpc) is 2.39. The van der Waals surface area contributed by atoms with Gasteiger partial charge in [-0.05, 0) is 26.5 Å². The van der Waals surface area contributed by atoms with Gasteiger partial charge < -0.3 is 10.0 Å². The minimum atomic E-state index is -0.386. The molecule has 4 heteroatoms. The first kappa shape index (κ1) is 15.7. The molecule has 19 heavy (non-hydrogen) atoms. The lowest BCUT2D eigenvalue weighted by Gasteiger charge is -2.34. The monoisotopic (exact) mass is 264 g/mol. The quantitative estimate of drug-likeness (QED) is 0.843. The third-order valence-corrected chi connectivity index (χ3v) is 3.48. The van der Waals surface area contributed by atoms with Crippen LogP contribution >= 0.6 is 0 Å². The maximum atomic E-state index is 12.1. The topological polar surface area (TPSA) is 43.8 Å². The van der Waals surface area contributed by atoms with Gasteiger partial charge in [0.2, 0.25) is 5.91 Å². The van der Waals surface area contributed by atoms with Gasteiger partial charge in [0.25, 0.3) is 0 Å². The summed E-state index contributed by atoms with van der Waals surface area (Å²) in [5.74, 6) is 0.0490. The molecule has 4 nitrogen and oxygen atoms in total. The Labute approximate surface area is 115 Å². The molecule has 1 N–H and O–H groups in total. The van der Waals surface area contributed by atoms with Crippen LogP contribution in [-0.4, -0.2) is 53.6 Å². The van der Waals surface area contributed by atoms with Gasteiger partial charge in [-0.1, -0.05) is 30.3 Å². The van der Waals surface area contributed by atoms with Crippen LogP contribution in [0.2, 0.25) is 0 Å². The summed E-state index contributed by atoms with van der Waals surface area (Å²) in [6.07, 6.45) is 0. The van der Waals surface area contributed by atoms with Gasteiger partial charge in [0.1, 0.15) is 0 Å². The Hall–Kier alpha value is -1.39. The molecule has 0 saturated carbocycles. The van der Waals surface area contributed by atoms with Gasteiger partial charge in [0, 0.05) is 19.1 Å². The van der Waals surface area contributed by atoms with E-state index < -0.39 is 0 Å². The molecule has 0 spiro atoms. The van der Waals surface area contributed by atoms with Gasteiger partial charge in [0.05, 0.1) is 13.2 Å². The van der Waals surface area contributed by atoms with Gasteiger partial charge in [-0.2, -0.15) is 0 Å². The number of amides is 1. The van der Waals surface area contributed by atoms with E-state index >= 15 is 0 Å². The SMILES string of the molecule is CN(Cc1ccccc1)C(=O)CN(C)C(C)(C)CO. The summed E-state index contributed by atoms with van der Waals surface area (Å²) in [6, 6.07) is 9.91. The lowest BCUT2D eigenvalue weighted by Crippen LogP contribution is -2.48. The minimum absolute atomic E-state index is 0.0270. The number of hydrogen-bond donors (Lipinski definition) is 1. The third-order valence-electron chi connectivity index (χ3n) is 3.48. The zero-order valence-electron chi connectivity index (χ0n) is 12.3. The van der Waals surface area contributed by atoms with Crippen molar-refractivity contribution < 1.29 is 9.90 Å². The number of rotatable bonds is 6. The lowest BCUT2D eigenvalue weighted by atomic mass is 10.1. The van der Waals surface area contributed by atoms with E-state index in [1.165, 1.54) is 0 Å². The van der Waals surface area contributed by atoms with Crippen LogP contribution in [0, 0.1) is 0 Å². The van der Waals surface area contributed by atoms with E-state index in [0.717, 1.165) is 5.56 Å². The van der Waals surface area contributed by atoms with Crippen molar-refractivity contribution in [2.45, 2.75) is 25.9 Å². The average molecular weight is 264 g/mol. The first-order valence-corrected chi connectivity index (χ1v) is 6.47. The van der Waals surface area contributed by atoms with E-state index in [1.54, 1.807) is 11.9 Å². The highest BCUT2D eigenvalue weighted by Crippen LogP contribution is 2.11. The highest BCUT2D eigenvalue weighted by Gasteiger charge is 2.25. The van der Waals surface area contributed by atoms with Crippen LogP contribution in [0.5, 0.6) is 0 Å². The van der Waals surface area contributed by atoms with Gasteiger partial charge in [-0.25, -0.2) is 0 Å². The second kappa shape index (κ2) is 6.68. The summed E-state index contributed by atoms with van der Waals surface area (Å²) in [5, 5.41) is 9.28. The Morgan fingerprint density at radius 2 is 1.79 bits per heavy atom. The molecule has 1 aromatic carbocycles. The molecule has 1 aromatic rings. The molecular weight excluding hydrogens is 240 g/mol.